The van der Waals surface area contributed by atoms with Crippen molar-refractivity contribution < 1.29 is 27.1 Å². The van der Waals surface area contributed by atoms with E-state index in [4.69, 9.17) is 14.9 Å². The van der Waals surface area contributed by atoms with Gasteiger partial charge in [0, 0.05) is 23.7 Å². The first-order chi connectivity index (χ1) is 18.1. The second-order valence-corrected chi connectivity index (χ2v) is 8.74. The number of carbonyl (C=O) groups is 1. The molecule has 0 spiro atoms. The molecule has 4 rings (SSSR count). The Morgan fingerprint density at radius 1 is 1.29 bits per heavy atom. The van der Waals surface area contributed by atoms with Gasteiger partial charge in [-0.25, -0.2) is 15.0 Å². The molecule has 0 bridgehead atoms. The lowest BCUT2D eigenvalue weighted by Crippen LogP contribution is -2.42. The van der Waals surface area contributed by atoms with E-state index in [1.165, 1.54) is 19.2 Å². The highest BCUT2D eigenvalue weighted by Gasteiger charge is 2.43. The molecule has 1 saturated carbocycles. The molecule has 9 nitrogen and oxygen atoms in total. The standard InChI is InChI=1S/C26H27F3N6O3/c1-4-5-12-31-15(2)35-25(10-11-25)14-32-23(36)22-19(13-30)38-24(34-22)17-6-8-18(37-3)21-16(17)7-9-20(33-21)26(27,28)29/h4-9,12,35H,2,10-11,13-14,30H2,1,3H3,(H,32,36)/b5-4-,31-12-. The number of fused-ring (bicyclic) bond motifs is 1. The normalized spacial score (nSPS) is 14.8. The summed E-state index contributed by atoms with van der Waals surface area (Å²) in [7, 11) is 1.34. The van der Waals surface area contributed by atoms with Gasteiger partial charge in [-0.2, -0.15) is 13.2 Å². The molecule has 12 heteroatoms. The summed E-state index contributed by atoms with van der Waals surface area (Å²) in [6.45, 7) is 5.95. The number of nitrogens with zero attached hydrogens (tertiary/aromatic N) is 3. The Bertz CT molecular complexity index is 1420. The number of pyridine rings is 1. The van der Waals surface area contributed by atoms with Crippen LogP contribution in [-0.4, -0.2) is 41.3 Å². The number of nitrogens with two attached hydrogens (primary N) is 1. The summed E-state index contributed by atoms with van der Waals surface area (Å²) in [5.74, 6) is 0.300. The third-order valence-corrected chi connectivity index (χ3v) is 6.02. The molecule has 2 aromatic heterocycles. The smallest absolute Gasteiger partial charge is 0.433 e. The monoisotopic (exact) mass is 528 g/mol. The Kier molecular flexibility index (Phi) is 7.53. The van der Waals surface area contributed by atoms with Gasteiger partial charge in [0.05, 0.1) is 19.2 Å². The van der Waals surface area contributed by atoms with Crippen LogP contribution in [0.4, 0.5) is 13.2 Å². The van der Waals surface area contributed by atoms with E-state index in [0.29, 0.717) is 23.3 Å². The van der Waals surface area contributed by atoms with Gasteiger partial charge in [0.2, 0.25) is 5.89 Å². The number of ether oxygens (including phenoxy) is 1. The maximum Gasteiger partial charge on any atom is 0.433 e. The molecule has 2 heterocycles. The molecule has 1 aromatic carbocycles. The van der Waals surface area contributed by atoms with Gasteiger partial charge in [0.25, 0.3) is 5.91 Å². The van der Waals surface area contributed by atoms with Gasteiger partial charge >= 0.3 is 6.18 Å². The molecule has 4 N–H and O–H groups in total. The number of methoxy groups -OCH3 is 1. The third kappa shape index (κ3) is 5.70. The minimum absolute atomic E-state index is 0.00734. The Balaban J connectivity index is 1.58. The molecule has 1 amide bonds. The van der Waals surface area contributed by atoms with E-state index in [2.05, 4.69) is 32.2 Å². The number of hydrogen-bond donors (Lipinski definition) is 3. The van der Waals surface area contributed by atoms with Gasteiger partial charge in [0.1, 0.15) is 22.8 Å². The predicted octanol–water partition coefficient (Wildman–Crippen LogP) is 4.35. The van der Waals surface area contributed by atoms with Crippen molar-refractivity contribution in [2.24, 2.45) is 10.7 Å². The molecule has 0 aliphatic heterocycles. The van der Waals surface area contributed by atoms with Crippen LogP contribution in [0.2, 0.25) is 0 Å². The lowest BCUT2D eigenvalue weighted by atomic mass is 10.1. The molecule has 1 fully saturated rings. The van der Waals surface area contributed by atoms with Crippen LogP contribution in [-0.2, 0) is 12.7 Å². The van der Waals surface area contributed by atoms with Gasteiger partial charge in [-0.3, -0.25) is 4.79 Å². The van der Waals surface area contributed by atoms with Crippen molar-refractivity contribution in [3.8, 4) is 17.2 Å². The van der Waals surface area contributed by atoms with Crippen LogP contribution in [0.1, 0.15) is 41.7 Å². The van der Waals surface area contributed by atoms with E-state index >= 15 is 0 Å². The number of oxazole rings is 1. The van der Waals surface area contributed by atoms with E-state index in [9.17, 15) is 18.0 Å². The first kappa shape index (κ1) is 26.9. The van der Waals surface area contributed by atoms with Gasteiger partial charge in [-0.05, 0) is 50.1 Å². The number of benzene rings is 1. The Morgan fingerprint density at radius 2 is 2.05 bits per heavy atom. The van der Waals surface area contributed by atoms with E-state index in [1.54, 1.807) is 18.4 Å². The maximum atomic E-state index is 13.3. The minimum Gasteiger partial charge on any atom is -0.494 e. The van der Waals surface area contributed by atoms with Crippen molar-refractivity contribution in [2.45, 2.75) is 38.0 Å². The summed E-state index contributed by atoms with van der Waals surface area (Å²) in [6, 6.07) is 5.17. The van der Waals surface area contributed by atoms with Crippen molar-refractivity contribution in [1.82, 2.24) is 20.6 Å². The Labute approximate surface area is 216 Å². The molecular weight excluding hydrogens is 501 g/mol. The van der Waals surface area contributed by atoms with Crippen LogP contribution < -0.4 is 21.1 Å². The minimum atomic E-state index is -4.63. The summed E-state index contributed by atoms with van der Waals surface area (Å²) in [6.07, 6.45) is 2.26. The fourth-order valence-corrected chi connectivity index (χ4v) is 3.87. The summed E-state index contributed by atoms with van der Waals surface area (Å²) in [4.78, 5) is 25.3. The zero-order chi connectivity index (χ0) is 27.5. The quantitative estimate of drug-likeness (QED) is 0.334. The number of nitrogens with one attached hydrogen (secondary N) is 2. The van der Waals surface area contributed by atoms with Crippen molar-refractivity contribution >= 4 is 23.0 Å². The molecule has 1 aliphatic carbocycles. The fourth-order valence-electron chi connectivity index (χ4n) is 3.87. The van der Waals surface area contributed by atoms with Crippen LogP contribution in [0.15, 0.2) is 58.2 Å². The molecule has 38 heavy (non-hydrogen) atoms. The van der Waals surface area contributed by atoms with Gasteiger partial charge < -0.3 is 25.5 Å². The zero-order valence-electron chi connectivity index (χ0n) is 20.9. The molecule has 3 aromatic rings. The molecule has 1 aliphatic rings. The second-order valence-electron chi connectivity index (χ2n) is 8.74. The highest BCUT2D eigenvalue weighted by Crippen LogP contribution is 2.38. The molecular formula is C26H27F3N6O3. The van der Waals surface area contributed by atoms with E-state index in [-0.39, 0.29) is 40.7 Å². The lowest BCUT2D eigenvalue weighted by molar-refractivity contribution is -0.140. The lowest BCUT2D eigenvalue weighted by Gasteiger charge is -2.18. The number of hydrogen-bond acceptors (Lipinski definition) is 8. The molecule has 0 saturated heterocycles. The number of alkyl halides is 3. The third-order valence-electron chi connectivity index (χ3n) is 6.02. The first-order valence-electron chi connectivity index (χ1n) is 11.8. The molecule has 200 valence electrons. The fraction of sp³-hybridized carbons (Fsp3) is 0.308. The zero-order valence-corrected chi connectivity index (χ0v) is 20.9. The summed E-state index contributed by atoms with van der Waals surface area (Å²) < 4.78 is 50.7. The average molecular weight is 529 g/mol. The topological polar surface area (TPSA) is 128 Å². The molecule has 0 unspecified atom stereocenters. The van der Waals surface area contributed by atoms with Gasteiger partial charge in [-0.1, -0.05) is 12.7 Å². The SMILES string of the molecule is C=C(/N=C\C=C/C)NC1(CNC(=O)c2nc(-c3ccc(OC)c4nc(C(F)(F)F)ccc34)oc2CN)CC1. The van der Waals surface area contributed by atoms with E-state index in [0.717, 1.165) is 18.9 Å². The van der Waals surface area contributed by atoms with Crippen LogP contribution in [0.3, 0.4) is 0 Å². The van der Waals surface area contributed by atoms with E-state index in [1.807, 2.05) is 13.0 Å². The summed E-state index contributed by atoms with van der Waals surface area (Å²) in [5, 5.41) is 6.39. The summed E-state index contributed by atoms with van der Waals surface area (Å²) in [5.41, 5.74) is 4.70. The maximum absolute atomic E-state index is 13.3. The van der Waals surface area contributed by atoms with Crippen LogP contribution in [0.25, 0.3) is 22.4 Å². The van der Waals surface area contributed by atoms with Crippen molar-refractivity contribution in [3.05, 3.63) is 66.0 Å². The van der Waals surface area contributed by atoms with Crippen LogP contribution >= 0.6 is 0 Å². The predicted molar refractivity (Wildman–Crippen MR) is 137 cm³/mol. The van der Waals surface area contributed by atoms with Crippen LogP contribution in [0, 0.1) is 0 Å². The highest BCUT2D eigenvalue weighted by molar-refractivity contribution is 5.98. The first-order valence-corrected chi connectivity index (χ1v) is 11.8. The number of carbonyl (C=O) groups excluding carboxylic acids is 1. The average Bonchev–Trinajstić information content (AvgIpc) is 3.51. The summed E-state index contributed by atoms with van der Waals surface area (Å²) >= 11 is 0. The number of amides is 1. The van der Waals surface area contributed by atoms with Crippen LogP contribution in [0.5, 0.6) is 5.75 Å². The van der Waals surface area contributed by atoms with Gasteiger partial charge in [-0.15, -0.1) is 0 Å². The van der Waals surface area contributed by atoms with Crippen molar-refractivity contribution in [1.29, 1.82) is 0 Å². The molecule has 0 radical (unpaired) electrons. The highest BCUT2D eigenvalue weighted by atomic mass is 19.4. The van der Waals surface area contributed by atoms with Crippen molar-refractivity contribution in [2.75, 3.05) is 13.7 Å². The number of aromatic nitrogens is 2. The van der Waals surface area contributed by atoms with E-state index < -0.39 is 17.8 Å². The Morgan fingerprint density at radius 3 is 2.68 bits per heavy atom. The largest absolute Gasteiger partial charge is 0.494 e. The number of allylic oxidation sites excluding steroid dienone is 2. The number of aliphatic imine (C=N–C) groups is 1. The number of halogens is 3. The number of rotatable bonds is 10. The molecule has 0 atom stereocenters. The van der Waals surface area contributed by atoms with Crippen molar-refractivity contribution in [3.63, 3.8) is 0 Å². The van der Waals surface area contributed by atoms with Gasteiger partial charge in [0.15, 0.2) is 11.5 Å². The Hall–Kier alpha value is -4.19. The second kappa shape index (κ2) is 10.7.